The number of rotatable bonds is 48. The summed E-state index contributed by atoms with van der Waals surface area (Å²) in [6.45, 7) is 6.41. The van der Waals surface area contributed by atoms with Crippen LogP contribution < -0.4 is 0 Å². The van der Waals surface area contributed by atoms with Crippen molar-refractivity contribution in [2.45, 2.75) is 252 Å². The molecule has 0 spiro atoms. The molecule has 1 atom stereocenters. The van der Waals surface area contributed by atoms with Crippen LogP contribution >= 0.6 is 0 Å². The zero-order chi connectivity index (χ0) is 47.9. The van der Waals surface area contributed by atoms with E-state index in [1.54, 1.807) is 0 Å². The summed E-state index contributed by atoms with van der Waals surface area (Å²) < 4.78 is 16.7. The van der Waals surface area contributed by atoms with Crippen molar-refractivity contribution in [3.8, 4) is 0 Å². The maximum atomic E-state index is 12.8. The average molecular weight is 917 g/mol. The Morgan fingerprint density at radius 3 is 1.15 bits per heavy atom. The van der Waals surface area contributed by atoms with Crippen LogP contribution in [0.15, 0.2) is 97.2 Å². The van der Waals surface area contributed by atoms with E-state index in [-0.39, 0.29) is 44.0 Å². The number of carbonyl (C=O) groups excluding carboxylic acids is 3. The highest BCUT2D eigenvalue weighted by molar-refractivity contribution is 5.71. The third-order valence-electron chi connectivity index (χ3n) is 11.3. The van der Waals surface area contributed by atoms with E-state index in [9.17, 15) is 14.4 Å². The number of allylic oxidation sites excluding steroid dienone is 16. The van der Waals surface area contributed by atoms with Gasteiger partial charge in [-0.15, -0.1) is 0 Å². The van der Waals surface area contributed by atoms with E-state index in [4.69, 9.17) is 14.2 Å². The van der Waals surface area contributed by atoms with Gasteiger partial charge in [0.2, 0.25) is 0 Å². The molecule has 0 aliphatic carbocycles. The molecule has 0 bridgehead atoms. The number of carbonyl (C=O) groups is 3. The van der Waals surface area contributed by atoms with Gasteiger partial charge in [0.05, 0.1) is 0 Å². The van der Waals surface area contributed by atoms with Crippen LogP contribution in [0.25, 0.3) is 0 Å². The van der Waals surface area contributed by atoms with Crippen LogP contribution in [-0.4, -0.2) is 37.2 Å². The first kappa shape index (κ1) is 62.3. The lowest BCUT2D eigenvalue weighted by molar-refractivity contribution is -0.166. The van der Waals surface area contributed by atoms with Crippen molar-refractivity contribution >= 4 is 17.9 Å². The fourth-order valence-electron chi connectivity index (χ4n) is 7.24. The van der Waals surface area contributed by atoms with Crippen molar-refractivity contribution in [1.29, 1.82) is 0 Å². The van der Waals surface area contributed by atoms with Crippen LogP contribution in [0, 0.1) is 0 Å². The van der Waals surface area contributed by atoms with Crippen LogP contribution in [0.2, 0.25) is 0 Å². The van der Waals surface area contributed by atoms with E-state index in [1.807, 2.05) is 6.08 Å². The molecular weight excluding hydrogens is 817 g/mol. The Labute approximate surface area is 407 Å². The summed E-state index contributed by atoms with van der Waals surface area (Å²) in [5.74, 6) is -1.02. The van der Waals surface area contributed by atoms with E-state index in [0.717, 1.165) is 77.0 Å². The van der Waals surface area contributed by atoms with Crippen molar-refractivity contribution in [3.05, 3.63) is 97.2 Å². The molecule has 0 N–H and O–H groups in total. The number of unbranched alkanes of at least 4 members (excludes halogenated alkanes) is 22. The first-order chi connectivity index (χ1) is 32.5. The van der Waals surface area contributed by atoms with Gasteiger partial charge in [-0.05, 0) is 103 Å². The Balaban J connectivity index is 4.48. The van der Waals surface area contributed by atoms with Crippen LogP contribution in [0.1, 0.15) is 245 Å². The predicted molar refractivity (Wildman–Crippen MR) is 284 cm³/mol. The maximum Gasteiger partial charge on any atom is 0.306 e. The Morgan fingerprint density at radius 2 is 0.667 bits per heavy atom. The number of hydrogen-bond acceptors (Lipinski definition) is 6. The van der Waals surface area contributed by atoms with Gasteiger partial charge in [0.25, 0.3) is 0 Å². The number of esters is 3. The fourth-order valence-corrected chi connectivity index (χ4v) is 7.24. The largest absolute Gasteiger partial charge is 0.462 e. The monoisotopic (exact) mass is 917 g/mol. The van der Waals surface area contributed by atoms with Crippen LogP contribution in [0.3, 0.4) is 0 Å². The standard InChI is InChI=1S/C60H100O6/c1-4-7-10-13-16-19-22-25-27-29-30-31-33-35-38-41-44-47-50-53-59(62)65-56-57(55-64-58(61)52-49-46-43-40-37-34-24-21-18-15-12-9-6-3)66-60(63)54-51-48-45-42-39-36-32-28-26-23-20-17-14-11-8-5-2/h8,11,16-17,19-20,22,25-26,28,34,36-37,39,43,46,57H,4-7,9-10,12-15,18,21,23-24,27,29-33,35,38,40-42,44-45,47-56H2,1-3H3/b11-8+,19-16+,20-17+,25-22+,28-26+,37-34+,39-36+,46-43+. The third kappa shape index (κ3) is 51.3. The highest BCUT2D eigenvalue weighted by Crippen LogP contribution is 2.14. The Morgan fingerprint density at radius 1 is 0.333 bits per heavy atom. The molecular formula is C60H100O6. The Hall–Kier alpha value is -3.67. The molecule has 0 heterocycles. The highest BCUT2D eigenvalue weighted by Gasteiger charge is 2.19. The Kier molecular flexibility index (Phi) is 50.9. The summed E-state index contributed by atoms with van der Waals surface area (Å²) in [5, 5.41) is 0. The van der Waals surface area contributed by atoms with Crippen molar-refractivity contribution in [3.63, 3.8) is 0 Å². The molecule has 0 saturated heterocycles. The van der Waals surface area contributed by atoms with E-state index in [0.29, 0.717) is 19.3 Å². The van der Waals surface area contributed by atoms with Gasteiger partial charge in [0.15, 0.2) is 6.10 Å². The molecule has 0 radical (unpaired) electrons. The molecule has 376 valence electrons. The molecule has 0 aromatic carbocycles. The molecule has 1 unspecified atom stereocenters. The molecule has 6 heteroatoms. The zero-order valence-electron chi connectivity index (χ0n) is 42.9. The van der Waals surface area contributed by atoms with Crippen LogP contribution in [-0.2, 0) is 28.6 Å². The topological polar surface area (TPSA) is 78.9 Å². The zero-order valence-corrected chi connectivity index (χ0v) is 42.9. The molecule has 0 fully saturated rings. The second-order valence-electron chi connectivity index (χ2n) is 17.8. The van der Waals surface area contributed by atoms with Crippen molar-refractivity contribution < 1.29 is 28.6 Å². The third-order valence-corrected chi connectivity index (χ3v) is 11.3. The lowest BCUT2D eigenvalue weighted by atomic mass is 10.1. The molecule has 0 aliphatic rings. The van der Waals surface area contributed by atoms with Gasteiger partial charge in [-0.2, -0.15) is 0 Å². The maximum absolute atomic E-state index is 12.8. The first-order valence-corrected chi connectivity index (χ1v) is 27.3. The minimum atomic E-state index is -0.819. The first-order valence-electron chi connectivity index (χ1n) is 27.3. The molecule has 0 saturated carbocycles. The second-order valence-corrected chi connectivity index (χ2v) is 17.8. The summed E-state index contributed by atoms with van der Waals surface area (Å²) in [4.78, 5) is 38.0. The molecule has 0 amide bonds. The lowest BCUT2D eigenvalue weighted by Gasteiger charge is -2.18. The van der Waals surface area contributed by atoms with E-state index in [1.165, 1.54) is 116 Å². The summed E-state index contributed by atoms with van der Waals surface area (Å²) in [6.07, 6.45) is 71.2. The van der Waals surface area contributed by atoms with Crippen molar-refractivity contribution in [1.82, 2.24) is 0 Å². The minimum absolute atomic E-state index is 0.110. The van der Waals surface area contributed by atoms with Gasteiger partial charge in [0.1, 0.15) is 13.2 Å². The molecule has 66 heavy (non-hydrogen) atoms. The van der Waals surface area contributed by atoms with Crippen molar-refractivity contribution in [2.75, 3.05) is 13.2 Å². The van der Waals surface area contributed by atoms with Gasteiger partial charge in [-0.1, -0.05) is 221 Å². The number of ether oxygens (including phenoxy) is 3. The fraction of sp³-hybridized carbons (Fsp3) is 0.683. The minimum Gasteiger partial charge on any atom is -0.462 e. The summed E-state index contributed by atoms with van der Waals surface area (Å²) in [7, 11) is 0. The average Bonchev–Trinajstić information content (AvgIpc) is 3.31. The van der Waals surface area contributed by atoms with Crippen LogP contribution in [0.4, 0.5) is 0 Å². The van der Waals surface area contributed by atoms with Crippen LogP contribution in [0.5, 0.6) is 0 Å². The summed E-state index contributed by atoms with van der Waals surface area (Å²) >= 11 is 0. The number of hydrogen-bond donors (Lipinski definition) is 0. The predicted octanol–water partition coefficient (Wildman–Crippen LogP) is 18.1. The molecule has 0 rings (SSSR count). The summed E-state index contributed by atoms with van der Waals surface area (Å²) in [5.41, 5.74) is 0. The molecule has 6 nitrogen and oxygen atoms in total. The van der Waals surface area contributed by atoms with E-state index < -0.39 is 6.10 Å². The molecule has 0 aromatic rings. The smallest absolute Gasteiger partial charge is 0.306 e. The Bertz CT molecular complexity index is 1330. The van der Waals surface area contributed by atoms with Gasteiger partial charge >= 0.3 is 17.9 Å². The van der Waals surface area contributed by atoms with Crippen molar-refractivity contribution in [2.24, 2.45) is 0 Å². The lowest BCUT2D eigenvalue weighted by Crippen LogP contribution is -2.30. The second kappa shape index (κ2) is 53.9. The normalized spacial score (nSPS) is 12.8. The summed E-state index contributed by atoms with van der Waals surface area (Å²) in [6, 6.07) is 0. The van der Waals surface area contributed by atoms with Gasteiger partial charge < -0.3 is 14.2 Å². The quantitative estimate of drug-likeness (QED) is 0.0199. The highest BCUT2D eigenvalue weighted by atomic mass is 16.6. The van der Waals surface area contributed by atoms with Gasteiger partial charge in [-0.25, -0.2) is 0 Å². The molecule has 0 aromatic heterocycles. The van der Waals surface area contributed by atoms with E-state index in [2.05, 4.69) is 112 Å². The molecule has 0 aliphatic heterocycles. The SMILES string of the molecule is CC/C=C/C/C=C/C/C=C/C/C=C/CCCCCC(=O)OC(COC(=O)CC/C=C/C/C=C/CCCCCCCC)COC(=O)CCCCCCCCCCCC/C=C/C=C/CCCCC. The van der Waals surface area contributed by atoms with Gasteiger partial charge in [0, 0.05) is 19.3 Å². The van der Waals surface area contributed by atoms with E-state index >= 15 is 0 Å². The van der Waals surface area contributed by atoms with Gasteiger partial charge in [-0.3, -0.25) is 14.4 Å².